The summed E-state index contributed by atoms with van der Waals surface area (Å²) in [7, 11) is 0. The van der Waals surface area contributed by atoms with Crippen molar-refractivity contribution in [1.82, 2.24) is 0 Å². The molecule has 0 spiro atoms. The quantitative estimate of drug-likeness (QED) is 0.456. The van der Waals surface area contributed by atoms with Crippen molar-refractivity contribution in [3.8, 4) is 0 Å². The first-order valence-electron chi connectivity index (χ1n) is 2.52. The summed E-state index contributed by atoms with van der Waals surface area (Å²) in [6, 6.07) is 0. The summed E-state index contributed by atoms with van der Waals surface area (Å²) in [4.78, 5) is 0. The molecule has 0 aromatic rings. The molecule has 32 valence electrons. The van der Waals surface area contributed by atoms with Gasteiger partial charge < -0.3 is 11.5 Å². The molecule has 0 aliphatic carbocycles. The molecule has 0 amide bonds. The summed E-state index contributed by atoms with van der Waals surface area (Å²) < 4.78 is 13.7. The van der Waals surface area contributed by atoms with Crippen molar-refractivity contribution < 1.29 is 2.74 Å². The molecule has 2 heteroatoms. The van der Waals surface area contributed by atoms with Crippen molar-refractivity contribution in [2.45, 2.75) is 6.37 Å². The van der Waals surface area contributed by atoms with Crippen molar-refractivity contribution >= 4 is 0 Å². The average molecular weight is 76.1 g/mol. The van der Waals surface area contributed by atoms with Crippen molar-refractivity contribution in [2.75, 3.05) is 13.1 Å². The second-order valence-corrected chi connectivity index (χ2v) is 0.658. The fourth-order valence-electron chi connectivity index (χ4n) is 0.0833. The minimum atomic E-state index is -1.36. The molecule has 0 bridgehead atoms. The Labute approximate surface area is 35.0 Å². The van der Waals surface area contributed by atoms with Crippen LogP contribution in [0.25, 0.3) is 0 Å². The van der Waals surface area contributed by atoms with Crippen LogP contribution in [-0.2, 0) is 0 Å². The zero-order valence-corrected chi connectivity index (χ0v) is 3.07. The normalized spacial score (nSPS) is 17.2. The van der Waals surface area contributed by atoms with Crippen LogP contribution in [0.3, 0.4) is 0 Å². The van der Waals surface area contributed by atoms with Gasteiger partial charge in [0, 0.05) is 2.74 Å². The van der Waals surface area contributed by atoms with E-state index in [-0.39, 0.29) is 13.1 Å². The van der Waals surface area contributed by atoms with E-state index in [1.165, 1.54) is 0 Å². The van der Waals surface area contributed by atoms with Crippen LogP contribution in [0.4, 0.5) is 0 Å². The average Bonchev–Trinajstić information content (AvgIpc) is 1.68. The minimum absolute atomic E-state index is 0.00347. The molecule has 0 unspecified atom stereocenters. The Kier molecular flexibility index (Phi) is 1.69. The van der Waals surface area contributed by atoms with Gasteiger partial charge in [-0.15, -0.1) is 0 Å². The molecule has 0 atom stereocenters. The molecular formula is C3H10N2. The lowest BCUT2D eigenvalue weighted by atomic mass is 10.4. The molecule has 2 nitrogen and oxygen atoms in total. The smallest absolute Gasteiger partial charge is 0.0292 e. The highest BCUT2D eigenvalue weighted by Crippen LogP contribution is 1.58. The highest BCUT2D eigenvalue weighted by atomic mass is 14.6. The van der Waals surface area contributed by atoms with Gasteiger partial charge in [0.2, 0.25) is 0 Å². The van der Waals surface area contributed by atoms with Crippen LogP contribution in [0.15, 0.2) is 0 Å². The van der Waals surface area contributed by atoms with Crippen LogP contribution in [0.5, 0.6) is 0 Å². The summed E-state index contributed by atoms with van der Waals surface area (Å²) in [6.07, 6.45) is -1.36. The van der Waals surface area contributed by atoms with E-state index in [1.54, 1.807) is 0 Å². The third-order valence-corrected chi connectivity index (χ3v) is 0.289. The maximum absolute atomic E-state index is 6.84. The summed E-state index contributed by atoms with van der Waals surface area (Å²) >= 11 is 0. The first-order valence-corrected chi connectivity index (χ1v) is 1.52. The summed E-state index contributed by atoms with van der Waals surface area (Å²) in [6.45, 7) is 0.00694. The van der Waals surface area contributed by atoms with E-state index in [0.29, 0.717) is 0 Å². The second-order valence-electron chi connectivity index (χ2n) is 0.658. The Morgan fingerprint density at radius 3 is 1.80 bits per heavy atom. The van der Waals surface area contributed by atoms with E-state index >= 15 is 0 Å². The lowest BCUT2D eigenvalue weighted by molar-refractivity contribution is 0.844. The third kappa shape index (κ3) is 3.92. The van der Waals surface area contributed by atoms with E-state index in [0.717, 1.165) is 0 Å². The van der Waals surface area contributed by atoms with Crippen LogP contribution in [0.1, 0.15) is 9.11 Å². The molecule has 0 aliphatic rings. The number of hydrogen-bond acceptors (Lipinski definition) is 2. The van der Waals surface area contributed by atoms with E-state index in [4.69, 9.17) is 14.2 Å². The summed E-state index contributed by atoms with van der Waals surface area (Å²) in [5.74, 6) is 0. The van der Waals surface area contributed by atoms with Gasteiger partial charge in [-0.2, -0.15) is 0 Å². The minimum Gasteiger partial charge on any atom is -0.330 e. The Bertz CT molecular complexity index is 48.9. The maximum atomic E-state index is 6.84. The largest absolute Gasteiger partial charge is 0.330 e. The number of rotatable bonds is 2. The lowest BCUT2D eigenvalue weighted by Gasteiger charge is -1.81. The van der Waals surface area contributed by atoms with Gasteiger partial charge in [0.15, 0.2) is 0 Å². The summed E-state index contributed by atoms with van der Waals surface area (Å²) in [5.41, 5.74) is 9.92. The zero-order chi connectivity index (χ0) is 5.91. The van der Waals surface area contributed by atoms with Crippen LogP contribution in [-0.4, -0.2) is 13.1 Å². The van der Waals surface area contributed by atoms with Crippen LogP contribution in [0.2, 0.25) is 0 Å². The van der Waals surface area contributed by atoms with E-state index in [9.17, 15) is 0 Å². The maximum Gasteiger partial charge on any atom is 0.0292 e. The monoisotopic (exact) mass is 76.1 g/mol. The molecule has 5 heavy (non-hydrogen) atoms. The van der Waals surface area contributed by atoms with Gasteiger partial charge in [-0.25, -0.2) is 0 Å². The summed E-state index contributed by atoms with van der Waals surface area (Å²) in [5, 5.41) is 0. The van der Waals surface area contributed by atoms with Gasteiger partial charge in [0.25, 0.3) is 0 Å². The number of nitrogens with two attached hydrogens (primary N) is 2. The van der Waals surface area contributed by atoms with Gasteiger partial charge in [0.05, 0.1) is 0 Å². The van der Waals surface area contributed by atoms with Crippen LogP contribution < -0.4 is 11.5 Å². The third-order valence-electron chi connectivity index (χ3n) is 0.289. The van der Waals surface area contributed by atoms with Crippen LogP contribution in [0, 0.1) is 0 Å². The topological polar surface area (TPSA) is 52.0 Å². The lowest BCUT2D eigenvalue weighted by Crippen LogP contribution is -2.06. The fourth-order valence-corrected chi connectivity index (χ4v) is 0.0833. The van der Waals surface area contributed by atoms with Crippen molar-refractivity contribution in [3.63, 3.8) is 0 Å². The molecule has 0 heterocycles. The molecule has 0 saturated carbocycles. The zero-order valence-electron chi connectivity index (χ0n) is 5.07. The molecule has 0 aromatic carbocycles. The van der Waals surface area contributed by atoms with E-state index in [2.05, 4.69) is 0 Å². The Morgan fingerprint density at radius 1 is 1.40 bits per heavy atom. The second kappa shape index (κ2) is 3.92. The Balaban J connectivity index is 3.36. The molecule has 0 aliphatic heterocycles. The van der Waals surface area contributed by atoms with Crippen molar-refractivity contribution in [2.24, 2.45) is 11.5 Å². The van der Waals surface area contributed by atoms with Gasteiger partial charge in [-0.05, 0) is 19.5 Å². The van der Waals surface area contributed by atoms with Gasteiger partial charge in [0.1, 0.15) is 0 Å². The fraction of sp³-hybridized carbons (Fsp3) is 1.00. The first kappa shape index (κ1) is 2.16. The predicted molar refractivity (Wildman–Crippen MR) is 22.7 cm³/mol. The molecule has 0 rings (SSSR count). The van der Waals surface area contributed by atoms with Crippen LogP contribution >= 0.6 is 0 Å². The molecular weight excluding hydrogens is 64.0 g/mol. The molecule has 0 radical (unpaired) electrons. The standard InChI is InChI=1S/C3H10N2/c4-2-1-3-5/h1-5H2/i1D2. The Hall–Kier alpha value is -0.0800. The van der Waals surface area contributed by atoms with E-state index < -0.39 is 6.37 Å². The van der Waals surface area contributed by atoms with Gasteiger partial charge in [-0.1, -0.05) is 0 Å². The van der Waals surface area contributed by atoms with E-state index in [1.807, 2.05) is 0 Å². The molecule has 0 saturated heterocycles. The molecule has 4 N–H and O–H groups in total. The molecule has 0 aromatic heterocycles. The first-order chi connectivity index (χ1) is 3.12. The van der Waals surface area contributed by atoms with Crippen molar-refractivity contribution in [3.05, 3.63) is 0 Å². The number of hydrogen-bond donors (Lipinski definition) is 2. The Morgan fingerprint density at radius 2 is 1.80 bits per heavy atom. The van der Waals surface area contributed by atoms with Crippen molar-refractivity contribution in [1.29, 1.82) is 0 Å². The predicted octanol–water partition coefficient (Wildman–Crippen LogP) is -0.706. The van der Waals surface area contributed by atoms with Gasteiger partial charge in [-0.3, -0.25) is 0 Å². The molecule has 0 fully saturated rings. The highest BCUT2D eigenvalue weighted by Gasteiger charge is 1.67. The SMILES string of the molecule is [2H]C([2H])(CN)CN. The highest BCUT2D eigenvalue weighted by molar-refractivity contribution is 4.33. The van der Waals surface area contributed by atoms with Gasteiger partial charge >= 0.3 is 0 Å².